The Morgan fingerprint density at radius 3 is 2.53 bits per heavy atom. The summed E-state index contributed by atoms with van der Waals surface area (Å²) >= 11 is 5.74. The molecule has 0 atom stereocenters. The maximum atomic E-state index is 11.4. The van der Waals surface area contributed by atoms with Crippen LogP contribution >= 0.6 is 22.3 Å². The minimum Gasteiger partial charge on any atom is -0.490 e. The van der Waals surface area contributed by atoms with Gasteiger partial charge in [0.15, 0.2) is 0 Å². The fourth-order valence-corrected chi connectivity index (χ4v) is 2.55. The lowest BCUT2D eigenvalue weighted by atomic mass is 10.2. The Balaban J connectivity index is 2.64. The van der Waals surface area contributed by atoms with Gasteiger partial charge in [-0.1, -0.05) is 25.4 Å². The maximum Gasteiger partial charge on any atom is 0.265 e. The molecule has 0 fully saturated rings. The van der Waals surface area contributed by atoms with Crippen molar-refractivity contribution in [2.45, 2.75) is 18.7 Å². The van der Waals surface area contributed by atoms with Crippen LogP contribution in [-0.2, 0) is 13.8 Å². The molecule has 0 saturated carbocycles. The summed E-state index contributed by atoms with van der Waals surface area (Å²) in [5, 5.41) is 0.280. The Morgan fingerprint density at radius 1 is 1.26 bits per heavy atom. The molecule has 0 bridgehead atoms. The van der Waals surface area contributed by atoms with Crippen molar-refractivity contribution in [3.8, 4) is 5.75 Å². The molecule has 19 heavy (non-hydrogen) atoms. The van der Waals surface area contributed by atoms with Gasteiger partial charge in [-0.25, -0.2) is 8.42 Å². The van der Waals surface area contributed by atoms with Crippen molar-refractivity contribution in [2.24, 2.45) is 5.92 Å². The highest BCUT2D eigenvalue weighted by atomic mass is 35.7. The first kappa shape index (κ1) is 16.6. The average molecular weight is 327 g/mol. The molecule has 0 amide bonds. The van der Waals surface area contributed by atoms with Crippen molar-refractivity contribution in [1.82, 2.24) is 0 Å². The van der Waals surface area contributed by atoms with E-state index >= 15 is 0 Å². The Morgan fingerprint density at radius 2 is 1.95 bits per heavy atom. The van der Waals surface area contributed by atoms with E-state index in [0.717, 1.165) is 0 Å². The molecule has 1 aromatic rings. The van der Waals surface area contributed by atoms with Gasteiger partial charge in [0.25, 0.3) is 9.05 Å². The second-order valence-electron chi connectivity index (χ2n) is 4.35. The van der Waals surface area contributed by atoms with Gasteiger partial charge < -0.3 is 9.47 Å². The number of ether oxygens (including phenoxy) is 2. The minimum atomic E-state index is -3.89. The Bertz CT molecular complexity index is 514. The molecule has 0 radical (unpaired) electrons. The van der Waals surface area contributed by atoms with E-state index < -0.39 is 9.05 Å². The van der Waals surface area contributed by atoms with Crippen LogP contribution < -0.4 is 4.74 Å². The van der Waals surface area contributed by atoms with Gasteiger partial charge in [0.2, 0.25) is 0 Å². The molecular weight excluding hydrogens is 311 g/mol. The predicted molar refractivity (Wildman–Crippen MR) is 75.6 cm³/mol. The molecular formula is C12H16Cl2O4S. The SMILES string of the molecule is CC(C)COCCOc1ccc(Cl)cc1S(=O)(=O)Cl. The molecule has 1 rings (SSSR count). The van der Waals surface area contributed by atoms with E-state index in [0.29, 0.717) is 19.1 Å². The summed E-state index contributed by atoms with van der Waals surface area (Å²) in [4.78, 5) is -0.134. The van der Waals surface area contributed by atoms with Crippen molar-refractivity contribution >= 4 is 31.3 Å². The third kappa shape index (κ3) is 5.99. The van der Waals surface area contributed by atoms with Crippen molar-refractivity contribution < 1.29 is 17.9 Å². The number of benzene rings is 1. The third-order valence-electron chi connectivity index (χ3n) is 2.10. The van der Waals surface area contributed by atoms with Crippen molar-refractivity contribution in [3.63, 3.8) is 0 Å². The lowest BCUT2D eigenvalue weighted by Crippen LogP contribution is -2.11. The highest BCUT2D eigenvalue weighted by Crippen LogP contribution is 2.29. The molecule has 0 aliphatic carbocycles. The second kappa shape index (κ2) is 7.33. The van der Waals surface area contributed by atoms with Gasteiger partial charge >= 0.3 is 0 Å². The highest BCUT2D eigenvalue weighted by Gasteiger charge is 2.17. The van der Waals surface area contributed by atoms with Crippen LogP contribution in [0.4, 0.5) is 0 Å². The van der Waals surface area contributed by atoms with Crippen LogP contribution in [0, 0.1) is 5.92 Å². The van der Waals surface area contributed by atoms with E-state index in [1.165, 1.54) is 18.2 Å². The predicted octanol–water partition coefficient (Wildman–Crippen LogP) is 3.32. The number of hydrogen-bond donors (Lipinski definition) is 0. The summed E-state index contributed by atoms with van der Waals surface area (Å²) in [6, 6.07) is 4.27. The van der Waals surface area contributed by atoms with E-state index in [-0.39, 0.29) is 22.3 Å². The first-order valence-electron chi connectivity index (χ1n) is 5.75. The van der Waals surface area contributed by atoms with Gasteiger partial charge in [0.1, 0.15) is 17.3 Å². The summed E-state index contributed by atoms with van der Waals surface area (Å²) in [6.45, 7) is 5.33. The third-order valence-corrected chi connectivity index (χ3v) is 3.68. The van der Waals surface area contributed by atoms with Crippen molar-refractivity contribution in [1.29, 1.82) is 0 Å². The molecule has 0 heterocycles. The fourth-order valence-electron chi connectivity index (χ4n) is 1.32. The molecule has 108 valence electrons. The molecule has 0 aromatic heterocycles. The molecule has 0 unspecified atom stereocenters. The standard InChI is InChI=1S/C12H16Cl2O4S/c1-9(2)8-17-5-6-18-11-4-3-10(13)7-12(11)19(14,15)16/h3-4,7,9H,5-6,8H2,1-2H3. The molecule has 4 nitrogen and oxygen atoms in total. The molecule has 0 saturated heterocycles. The minimum absolute atomic E-state index is 0.134. The normalized spacial score (nSPS) is 11.8. The zero-order valence-electron chi connectivity index (χ0n) is 10.7. The van der Waals surface area contributed by atoms with Gasteiger partial charge in [-0.05, 0) is 24.1 Å². The maximum absolute atomic E-state index is 11.4. The second-order valence-corrected chi connectivity index (χ2v) is 7.32. The monoisotopic (exact) mass is 326 g/mol. The van der Waals surface area contributed by atoms with Gasteiger partial charge in [0, 0.05) is 22.3 Å². The summed E-state index contributed by atoms with van der Waals surface area (Å²) < 4.78 is 33.4. The number of rotatable bonds is 7. The van der Waals surface area contributed by atoms with Gasteiger partial charge in [0.05, 0.1) is 6.61 Å². The van der Waals surface area contributed by atoms with Crippen LogP contribution in [0.25, 0.3) is 0 Å². The average Bonchev–Trinajstić information content (AvgIpc) is 2.28. The highest BCUT2D eigenvalue weighted by molar-refractivity contribution is 8.13. The Kier molecular flexibility index (Phi) is 6.39. The first-order valence-corrected chi connectivity index (χ1v) is 8.44. The topological polar surface area (TPSA) is 52.6 Å². The quantitative estimate of drug-likeness (QED) is 0.569. The van der Waals surface area contributed by atoms with E-state index in [4.69, 9.17) is 31.8 Å². The lowest BCUT2D eigenvalue weighted by Gasteiger charge is -2.11. The molecule has 0 aliphatic heterocycles. The lowest BCUT2D eigenvalue weighted by molar-refractivity contribution is 0.0811. The summed E-state index contributed by atoms with van der Waals surface area (Å²) in [5.74, 6) is 0.613. The Labute approximate surface area is 123 Å². The number of halogens is 2. The van der Waals surface area contributed by atoms with Crippen LogP contribution in [-0.4, -0.2) is 28.2 Å². The Hall–Kier alpha value is -0.490. The largest absolute Gasteiger partial charge is 0.490 e. The van der Waals surface area contributed by atoms with E-state index in [1.807, 2.05) is 13.8 Å². The van der Waals surface area contributed by atoms with E-state index in [2.05, 4.69) is 0 Å². The smallest absolute Gasteiger partial charge is 0.265 e. The molecule has 7 heteroatoms. The zero-order chi connectivity index (χ0) is 14.5. The number of hydrogen-bond acceptors (Lipinski definition) is 4. The molecule has 1 aromatic carbocycles. The van der Waals surface area contributed by atoms with Crippen molar-refractivity contribution in [3.05, 3.63) is 23.2 Å². The van der Waals surface area contributed by atoms with Crippen LogP contribution in [0.3, 0.4) is 0 Å². The molecule has 0 aliphatic rings. The fraction of sp³-hybridized carbons (Fsp3) is 0.500. The van der Waals surface area contributed by atoms with E-state index in [9.17, 15) is 8.42 Å². The summed E-state index contributed by atoms with van der Waals surface area (Å²) in [5.41, 5.74) is 0. The van der Waals surface area contributed by atoms with Gasteiger partial charge in [-0.15, -0.1) is 0 Å². The summed E-state index contributed by atoms with van der Waals surface area (Å²) in [6.07, 6.45) is 0. The zero-order valence-corrected chi connectivity index (χ0v) is 13.1. The first-order chi connectivity index (χ1) is 8.80. The summed E-state index contributed by atoms with van der Waals surface area (Å²) in [7, 11) is 1.43. The van der Waals surface area contributed by atoms with Gasteiger partial charge in [-0.2, -0.15) is 0 Å². The van der Waals surface area contributed by atoms with Gasteiger partial charge in [-0.3, -0.25) is 0 Å². The molecule has 0 N–H and O–H groups in total. The van der Waals surface area contributed by atoms with Crippen LogP contribution in [0.5, 0.6) is 5.75 Å². The van der Waals surface area contributed by atoms with E-state index in [1.54, 1.807) is 0 Å². The molecule has 0 spiro atoms. The van der Waals surface area contributed by atoms with Crippen molar-refractivity contribution in [2.75, 3.05) is 19.8 Å². The van der Waals surface area contributed by atoms with Crippen LogP contribution in [0.2, 0.25) is 5.02 Å². The van der Waals surface area contributed by atoms with Crippen LogP contribution in [0.1, 0.15) is 13.8 Å². The van der Waals surface area contributed by atoms with Crippen LogP contribution in [0.15, 0.2) is 23.1 Å².